The lowest BCUT2D eigenvalue weighted by Crippen LogP contribution is -1.84. The standard InChI is InChI=1S/C14H24N2/c1-15-13-11-9-7-5-3-4-6-8-10-12-14-16-2/h3-14H2. The van der Waals surface area contributed by atoms with Crippen LogP contribution >= 0.6 is 0 Å². The average Bonchev–Trinajstić information content (AvgIpc) is 2.31. The molecule has 0 spiro atoms. The summed E-state index contributed by atoms with van der Waals surface area (Å²) in [6.07, 6.45) is 12.6. The van der Waals surface area contributed by atoms with Crippen molar-refractivity contribution < 1.29 is 0 Å². The summed E-state index contributed by atoms with van der Waals surface area (Å²) in [6, 6.07) is 0. The highest BCUT2D eigenvalue weighted by molar-refractivity contribution is 4.59. The molecule has 0 N–H and O–H groups in total. The van der Waals surface area contributed by atoms with E-state index in [1.54, 1.807) is 0 Å². The van der Waals surface area contributed by atoms with E-state index in [1.165, 1.54) is 51.4 Å². The third-order valence-corrected chi connectivity index (χ3v) is 2.79. The Morgan fingerprint density at radius 1 is 0.438 bits per heavy atom. The third kappa shape index (κ3) is 13.0. The van der Waals surface area contributed by atoms with Crippen molar-refractivity contribution in [1.29, 1.82) is 0 Å². The molecular weight excluding hydrogens is 196 g/mol. The van der Waals surface area contributed by atoms with E-state index in [-0.39, 0.29) is 0 Å². The van der Waals surface area contributed by atoms with Crippen LogP contribution in [0, 0.1) is 13.1 Å². The normalized spacial score (nSPS) is 9.62. The number of hydrogen-bond acceptors (Lipinski definition) is 0. The summed E-state index contributed by atoms with van der Waals surface area (Å²) in [5, 5.41) is 0. The summed E-state index contributed by atoms with van der Waals surface area (Å²) in [5.74, 6) is 0. The Morgan fingerprint density at radius 2 is 0.688 bits per heavy atom. The Hall–Kier alpha value is -1.02. The summed E-state index contributed by atoms with van der Waals surface area (Å²) in [4.78, 5) is 6.69. The fourth-order valence-corrected chi connectivity index (χ4v) is 1.80. The summed E-state index contributed by atoms with van der Waals surface area (Å²) in [7, 11) is 0. The zero-order valence-corrected chi connectivity index (χ0v) is 10.4. The molecule has 0 aromatic rings. The molecule has 0 aliphatic heterocycles. The zero-order chi connectivity index (χ0) is 11.9. The minimum atomic E-state index is 0.709. The van der Waals surface area contributed by atoms with E-state index in [2.05, 4.69) is 9.69 Å². The first-order valence-electron chi connectivity index (χ1n) is 6.58. The van der Waals surface area contributed by atoms with Crippen molar-refractivity contribution in [2.75, 3.05) is 13.1 Å². The summed E-state index contributed by atoms with van der Waals surface area (Å²) in [5.41, 5.74) is 0. The van der Waals surface area contributed by atoms with Crippen LogP contribution in [0.2, 0.25) is 0 Å². The third-order valence-electron chi connectivity index (χ3n) is 2.79. The fraction of sp³-hybridized carbons (Fsp3) is 0.857. The van der Waals surface area contributed by atoms with Gasteiger partial charge in [0.25, 0.3) is 0 Å². The first kappa shape index (κ1) is 15.0. The SMILES string of the molecule is [C-]#[N+]CCCCCCCCCCCC[N+]#[C-]. The van der Waals surface area contributed by atoms with Gasteiger partial charge >= 0.3 is 0 Å². The molecule has 16 heavy (non-hydrogen) atoms. The maximum Gasteiger partial charge on any atom is 0.214 e. The molecule has 0 fully saturated rings. The zero-order valence-electron chi connectivity index (χ0n) is 10.4. The van der Waals surface area contributed by atoms with Gasteiger partial charge in [0, 0.05) is 12.8 Å². The molecule has 0 saturated carbocycles. The van der Waals surface area contributed by atoms with Gasteiger partial charge in [0.1, 0.15) is 0 Å². The van der Waals surface area contributed by atoms with Gasteiger partial charge < -0.3 is 9.69 Å². The van der Waals surface area contributed by atoms with E-state index < -0.39 is 0 Å². The minimum Gasteiger partial charge on any atom is -0.317 e. The van der Waals surface area contributed by atoms with Gasteiger partial charge in [-0.2, -0.15) is 0 Å². The van der Waals surface area contributed by atoms with E-state index in [9.17, 15) is 0 Å². The predicted octanol–water partition coefficient (Wildman–Crippen LogP) is 4.73. The molecule has 0 aromatic carbocycles. The van der Waals surface area contributed by atoms with E-state index in [1.807, 2.05) is 0 Å². The van der Waals surface area contributed by atoms with Crippen LogP contribution in [0.15, 0.2) is 0 Å². The molecule has 0 atom stereocenters. The monoisotopic (exact) mass is 220 g/mol. The van der Waals surface area contributed by atoms with Crippen LogP contribution in [0.3, 0.4) is 0 Å². The molecule has 0 aliphatic rings. The highest BCUT2D eigenvalue weighted by Crippen LogP contribution is 2.10. The summed E-state index contributed by atoms with van der Waals surface area (Å²) >= 11 is 0. The summed E-state index contributed by atoms with van der Waals surface area (Å²) in [6.45, 7) is 14.7. The first-order valence-corrected chi connectivity index (χ1v) is 6.58. The largest absolute Gasteiger partial charge is 0.317 e. The van der Waals surface area contributed by atoms with Gasteiger partial charge in [-0.1, -0.05) is 38.5 Å². The van der Waals surface area contributed by atoms with Crippen molar-refractivity contribution in [3.8, 4) is 0 Å². The van der Waals surface area contributed by atoms with Crippen LogP contribution in [0.25, 0.3) is 9.69 Å². The van der Waals surface area contributed by atoms with E-state index >= 15 is 0 Å². The predicted molar refractivity (Wildman–Crippen MR) is 69.1 cm³/mol. The Labute approximate surface area is 101 Å². The van der Waals surface area contributed by atoms with Crippen molar-refractivity contribution in [2.45, 2.75) is 64.2 Å². The quantitative estimate of drug-likeness (QED) is 0.352. The molecule has 0 heterocycles. The van der Waals surface area contributed by atoms with Crippen LogP contribution in [-0.2, 0) is 0 Å². The molecule has 0 saturated heterocycles. The highest BCUT2D eigenvalue weighted by atomic mass is 14.6. The molecule has 0 aromatic heterocycles. The Bertz CT molecular complexity index is 186. The van der Waals surface area contributed by atoms with Crippen molar-refractivity contribution >= 4 is 0 Å². The number of unbranched alkanes of at least 4 members (excludes halogenated alkanes) is 9. The lowest BCUT2D eigenvalue weighted by molar-refractivity contribution is 0.560. The van der Waals surface area contributed by atoms with Crippen LogP contribution in [-0.4, -0.2) is 13.1 Å². The molecule has 0 amide bonds. The number of hydrogen-bond donors (Lipinski definition) is 0. The second kappa shape index (κ2) is 14.0. The Kier molecular flexibility index (Phi) is 13.1. The second-order valence-corrected chi connectivity index (χ2v) is 4.30. The Morgan fingerprint density at radius 3 is 0.938 bits per heavy atom. The number of nitrogens with zero attached hydrogens (tertiary/aromatic N) is 2. The Balaban J connectivity index is 2.89. The molecule has 2 nitrogen and oxygen atoms in total. The van der Waals surface area contributed by atoms with Gasteiger partial charge in [0.15, 0.2) is 0 Å². The van der Waals surface area contributed by atoms with E-state index in [0.717, 1.165) is 12.8 Å². The van der Waals surface area contributed by atoms with Gasteiger partial charge in [-0.15, -0.1) is 0 Å². The lowest BCUT2D eigenvalue weighted by atomic mass is 10.1. The number of rotatable bonds is 11. The highest BCUT2D eigenvalue weighted by Gasteiger charge is 1.94. The van der Waals surface area contributed by atoms with E-state index in [4.69, 9.17) is 13.1 Å². The van der Waals surface area contributed by atoms with E-state index in [0.29, 0.717) is 13.1 Å². The molecule has 0 rings (SSSR count). The molecular formula is C14H24N2. The van der Waals surface area contributed by atoms with Gasteiger partial charge in [-0.05, 0) is 12.8 Å². The minimum absolute atomic E-state index is 0.709. The molecule has 0 radical (unpaired) electrons. The lowest BCUT2D eigenvalue weighted by Gasteiger charge is -2.00. The maximum absolute atomic E-state index is 6.65. The first-order chi connectivity index (χ1) is 7.91. The van der Waals surface area contributed by atoms with Gasteiger partial charge in [-0.25, -0.2) is 13.1 Å². The van der Waals surface area contributed by atoms with Gasteiger partial charge in [-0.3, -0.25) is 0 Å². The van der Waals surface area contributed by atoms with Gasteiger partial charge in [0.2, 0.25) is 13.1 Å². The molecule has 2 heteroatoms. The van der Waals surface area contributed by atoms with Crippen molar-refractivity contribution in [3.05, 3.63) is 22.8 Å². The molecule has 0 aliphatic carbocycles. The van der Waals surface area contributed by atoms with Crippen molar-refractivity contribution in [2.24, 2.45) is 0 Å². The fourth-order valence-electron chi connectivity index (χ4n) is 1.80. The van der Waals surface area contributed by atoms with Crippen molar-refractivity contribution in [1.82, 2.24) is 0 Å². The smallest absolute Gasteiger partial charge is 0.214 e. The maximum atomic E-state index is 6.65. The topological polar surface area (TPSA) is 8.72 Å². The molecule has 90 valence electrons. The van der Waals surface area contributed by atoms with Crippen molar-refractivity contribution in [3.63, 3.8) is 0 Å². The summed E-state index contributed by atoms with van der Waals surface area (Å²) < 4.78 is 0. The average molecular weight is 220 g/mol. The molecule has 0 unspecified atom stereocenters. The van der Waals surface area contributed by atoms with Crippen LogP contribution < -0.4 is 0 Å². The van der Waals surface area contributed by atoms with Crippen LogP contribution in [0.4, 0.5) is 0 Å². The van der Waals surface area contributed by atoms with Gasteiger partial charge in [0.05, 0.1) is 0 Å². The molecule has 0 bridgehead atoms. The second-order valence-electron chi connectivity index (χ2n) is 4.30. The van der Waals surface area contributed by atoms with Crippen LogP contribution in [0.5, 0.6) is 0 Å². The van der Waals surface area contributed by atoms with Crippen LogP contribution in [0.1, 0.15) is 64.2 Å².